The molecule has 0 bridgehead atoms. The fraction of sp³-hybridized carbons (Fsp3) is 0.312. The van der Waals surface area contributed by atoms with Gasteiger partial charge in [-0.2, -0.15) is 0 Å². The molecule has 1 saturated heterocycles. The van der Waals surface area contributed by atoms with E-state index < -0.39 is 5.97 Å². The SMILES string of the molecule is CCOc1cccc(/C=C2/SC(=S)N(CCCC(=O)O)C2=O)c1. The zero-order valence-electron chi connectivity index (χ0n) is 12.7. The Kier molecular flexibility index (Phi) is 6.18. The lowest BCUT2D eigenvalue weighted by molar-refractivity contribution is -0.137. The van der Waals surface area contributed by atoms with Crippen molar-refractivity contribution in [3.8, 4) is 5.75 Å². The number of thioether (sulfide) groups is 1. The average molecular weight is 351 g/mol. The molecule has 1 aliphatic heterocycles. The van der Waals surface area contributed by atoms with Gasteiger partial charge in [-0.1, -0.05) is 36.1 Å². The predicted octanol–water partition coefficient (Wildman–Crippen LogP) is 3.15. The molecule has 1 fully saturated rings. The van der Waals surface area contributed by atoms with E-state index in [0.29, 0.717) is 28.8 Å². The molecule has 1 aromatic rings. The zero-order valence-corrected chi connectivity index (χ0v) is 14.3. The van der Waals surface area contributed by atoms with Crippen LogP contribution >= 0.6 is 24.0 Å². The number of carbonyl (C=O) groups excluding carboxylic acids is 1. The predicted molar refractivity (Wildman–Crippen MR) is 94.4 cm³/mol. The number of ether oxygens (including phenoxy) is 1. The van der Waals surface area contributed by atoms with Gasteiger partial charge in [-0.15, -0.1) is 0 Å². The molecule has 1 aromatic carbocycles. The first-order valence-electron chi connectivity index (χ1n) is 7.21. The molecule has 0 radical (unpaired) electrons. The van der Waals surface area contributed by atoms with Crippen molar-refractivity contribution in [3.63, 3.8) is 0 Å². The second-order valence-electron chi connectivity index (χ2n) is 4.84. The highest BCUT2D eigenvalue weighted by atomic mass is 32.2. The Bertz CT molecular complexity index is 657. The smallest absolute Gasteiger partial charge is 0.303 e. The molecule has 0 aromatic heterocycles. The quantitative estimate of drug-likeness (QED) is 0.601. The number of thiocarbonyl (C=S) groups is 1. The molecule has 0 saturated carbocycles. The van der Waals surface area contributed by atoms with E-state index in [4.69, 9.17) is 22.1 Å². The van der Waals surface area contributed by atoms with Gasteiger partial charge in [0.25, 0.3) is 5.91 Å². The standard InChI is InChI=1S/C16H17NO4S2/c1-2-21-12-6-3-5-11(9-12)10-13-15(20)17(16(22)23-13)8-4-7-14(18)19/h3,5-6,9-10H,2,4,7-8H2,1H3,(H,18,19)/b13-10+. The topological polar surface area (TPSA) is 66.8 Å². The van der Waals surface area contributed by atoms with Gasteiger partial charge in [0.15, 0.2) is 0 Å². The van der Waals surface area contributed by atoms with Crippen molar-refractivity contribution in [1.82, 2.24) is 4.90 Å². The first kappa shape index (κ1) is 17.5. The van der Waals surface area contributed by atoms with Crippen molar-refractivity contribution in [1.29, 1.82) is 0 Å². The zero-order chi connectivity index (χ0) is 16.8. The number of carbonyl (C=O) groups is 2. The van der Waals surface area contributed by atoms with Gasteiger partial charge in [-0.25, -0.2) is 0 Å². The minimum absolute atomic E-state index is 0.0203. The highest BCUT2D eigenvalue weighted by molar-refractivity contribution is 8.26. The highest BCUT2D eigenvalue weighted by Gasteiger charge is 2.31. The summed E-state index contributed by atoms with van der Waals surface area (Å²) < 4.78 is 5.91. The van der Waals surface area contributed by atoms with Gasteiger partial charge in [0.1, 0.15) is 10.1 Å². The Morgan fingerprint density at radius 1 is 1.48 bits per heavy atom. The van der Waals surface area contributed by atoms with Gasteiger partial charge in [0.05, 0.1) is 11.5 Å². The summed E-state index contributed by atoms with van der Waals surface area (Å²) in [4.78, 5) is 24.9. The minimum atomic E-state index is -0.876. The largest absolute Gasteiger partial charge is 0.494 e. The van der Waals surface area contributed by atoms with Crippen LogP contribution in [0.25, 0.3) is 6.08 Å². The molecule has 2 rings (SSSR count). The molecule has 0 atom stereocenters. The van der Waals surface area contributed by atoms with Crippen molar-refractivity contribution in [2.75, 3.05) is 13.2 Å². The second-order valence-corrected chi connectivity index (χ2v) is 6.51. The number of hydrogen-bond donors (Lipinski definition) is 1. The summed E-state index contributed by atoms with van der Waals surface area (Å²) in [6, 6.07) is 7.47. The van der Waals surface area contributed by atoms with Crippen molar-refractivity contribution < 1.29 is 19.4 Å². The maximum Gasteiger partial charge on any atom is 0.303 e. The molecule has 1 aliphatic rings. The number of carboxylic acid groups (broad SMARTS) is 1. The first-order chi connectivity index (χ1) is 11.0. The van der Waals surface area contributed by atoms with Crippen molar-refractivity contribution in [2.24, 2.45) is 0 Å². The molecule has 23 heavy (non-hydrogen) atoms. The number of benzene rings is 1. The number of amides is 1. The van der Waals surface area contributed by atoms with E-state index in [0.717, 1.165) is 11.3 Å². The Labute approximate surface area is 144 Å². The van der Waals surface area contributed by atoms with Crippen LogP contribution in [0.15, 0.2) is 29.2 Å². The van der Waals surface area contributed by atoms with E-state index in [1.54, 1.807) is 6.08 Å². The van der Waals surface area contributed by atoms with Crippen LogP contribution in [0, 0.1) is 0 Å². The molecule has 5 nitrogen and oxygen atoms in total. The summed E-state index contributed by atoms with van der Waals surface area (Å²) in [6.45, 7) is 2.82. The third-order valence-electron chi connectivity index (χ3n) is 3.11. The van der Waals surface area contributed by atoms with Crippen LogP contribution < -0.4 is 4.74 Å². The molecular formula is C16H17NO4S2. The van der Waals surface area contributed by atoms with E-state index in [1.807, 2.05) is 31.2 Å². The highest BCUT2D eigenvalue weighted by Crippen LogP contribution is 2.33. The Balaban J connectivity index is 2.08. The van der Waals surface area contributed by atoms with Gasteiger partial charge in [-0.3, -0.25) is 14.5 Å². The van der Waals surface area contributed by atoms with Gasteiger partial charge >= 0.3 is 5.97 Å². The molecule has 0 unspecified atom stereocenters. The molecule has 1 N–H and O–H groups in total. The summed E-state index contributed by atoms with van der Waals surface area (Å²) in [6.07, 6.45) is 2.18. The third kappa shape index (κ3) is 4.80. The van der Waals surface area contributed by atoms with Crippen LogP contribution in [0.2, 0.25) is 0 Å². The van der Waals surface area contributed by atoms with E-state index >= 15 is 0 Å². The third-order valence-corrected chi connectivity index (χ3v) is 4.49. The fourth-order valence-corrected chi connectivity index (χ4v) is 3.40. The lowest BCUT2D eigenvalue weighted by atomic mass is 10.2. The van der Waals surface area contributed by atoms with Crippen LogP contribution in [-0.4, -0.2) is 39.4 Å². The van der Waals surface area contributed by atoms with Crippen LogP contribution in [0.3, 0.4) is 0 Å². The van der Waals surface area contributed by atoms with Crippen molar-refractivity contribution in [2.45, 2.75) is 19.8 Å². The summed E-state index contributed by atoms with van der Waals surface area (Å²) in [5.74, 6) is -0.302. The van der Waals surface area contributed by atoms with Gasteiger partial charge in [0.2, 0.25) is 0 Å². The summed E-state index contributed by atoms with van der Waals surface area (Å²) >= 11 is 6.45. The van der Waals surface area contributed by atoms with Crippen LogP contribution in [0.4, 0.5) is 0 Å². The van der Waals surface area contributed by atoms with Gasteiger partial charge in [-0.05, 0) is 37.1 Å². The normalized spacial score (nSPS) is 16.2. The first-order valence-corrected chi connectivity index (χ1v) is 8.43. The average Bonchev–Trinajstić information content (AvgIpc) is 2.75. The van der Waals surface area contributed by atoms with E-state index in [2.05, 4.69) is 0 Å². The van der Waals surface area contributed by atoms with E-state index in [-0.39, 0.29) is 12.3 Å². The molecule has 0 spiro atoms. The lowest BCUT2D eigenvalue weighted by Crippen LogP contribution is -2.29. The van der Waals surface area contributed by atoms with E-state index in [1.165, 1.54) is 16.7 Å². The van der Waals surface area contributed by atoms with Gasteiger partial charge in [0, 0.05) is 13.0 Å². The summed E-state index contributed by atoms with van der Waals surface area (Å²) in [7, 11) is 0. The Hall–Kier alpha value is -1.86. The maximum atomic E-state index is 12.4. The van der Waals surface area contributed by atoms with Crippen molar-refractivity contribution in [3.05, 3.63) is 34.7 Å². The number of aliphatic carboxylic acids is 1. The molecule has 1 heterocycles. The monoisotopic (exact) mass is 351 g/mol. The van der Waals surface area contributed by atoms with Gasteiger partial charge < -0.3 is 9.84 Å². The fourth-order valence-electron chi connectivity index (χ4n) is 2.09. The number of rotatable bonds is 7. The van der Waals surface area contributed by atoms with Crippen LogP contribution in [-0.2, 0) is 9.59 Å². The summed E-state index contributed by atoms with van der Waals surface area (Å²) in [5.41, 5.74) is 0.863. The molecule has 0 aliphatic carbocycles. The maximum absolute atomic E-state index is 12.4. The van der Waals surface area contributed by atoms with Crippen LogP contribution in [0.1, 0.15) is 25.3 Å². The van der Waals surface area contributed by atoms with E-state index in [9.17, 15) is 9.59 Å². The van der Waals surface area contributed by atoms with Crippen molar-refractivity contribution >= 4 is 46.3 Å². The van der Waals surface area contributed by atoms with Crippen LogP contribution in [0.5, 0.6) is 5.75 Å². The number of hydrogen-bond acceptors (Lipinski definition) is 5. The Morgan fingerprint density at radius 2 is 2.26 bits per heavy atom. The minimum Gasteiger partial charge on any atom is -0.494 e. The molecule has 1 amide bonds. The molecular weight excluding hydrogens is 334 g/mol. The Morgan fingerprint density at radius 3 is 2.96 bits per heavy atom. The molecule has 122 valence electrons. The number of carboxylic acids is 1. The molecule has 7 heteroatoms. The second kappa shape index (κ2) is 8.12. The lowest BCUT2D eigenvalue weighted by Gasteiger charge is -2.13. The number of nitrogens with zero attached hydrogens (tertiary/aromatic N) is 1. The summed E-state index contributed by atoms with van der Waals surface area (Å²) in [5, 5.41) is 8.67.